The summed E-state index contributed by atoms with van der Waals surface area (Å²) in [6, 6.07) is 7.80. The van der Waals surface area contributed by atoms with Gasteiger partial charge < -0.3 is 18.5 Å². The fourth-order valence-corrected chi connectivity index (χ4v) is 3.76. The summed E-state index contributed by atoms with van der Waals surface area (Å²) in [7, 11) is 0.296. The number of nitrogens with zero attached hydrogens (tertiary/aromatic N) is 1. The molecule has 1 heterocycles. The maximum absolute atomic E-state index is 12.0. The molecule has 1 aliphatic rings. The summed E-state index contributed by atoms with van der Waals surface area (Å²) < 4.78 is 24.4. The van der Waals surface area contributed by atoms with E-state index in [4.69, 9.17) is 18.5 Å². The molecule has 0 amide bonds. The van der Waals surface area contributed by atoms with Crippen LogP contribution in [-0.2, 0) is 25.3 Å². The van der Waals surface area contributed by atoms with Gasteiger partial charge in [0.15, 0.2) is 0 Å². The third-order valence-corrected chi connectivity index (χ3v) is 5.04. The zero-order chi connectivity index (χ0) is 17.5. The number of carbonyl (C=O) groups is 1. The number of rotatable bonds is 8. The van der Waals surface area contributed by atoms with Crippen LogP contribution in [0.25, 0.3) is 0 Å². The number of fused-ring (bicyclic) bond motifs is 1. The Morgan fingerprint density at radius 1 is 1.38 bits per heavy atom. The van der Waals surface area contributed by atoms with Crippen molar-refractivity contribution in [3.05, 3.63) is 29.8 Å². The Bertz CT molecular complexity index is 535. The summed E-state index contributed by atoms with van der Waals surface area (Å²) in [5.41, 5.74) is 1.04. The number of para-hydroxylation sites is 1. The van der Waals surface area contributed by atoms with Crippen molar-refractivity contribution in [2.24, 2.45) is 0 Å². The van der Waals surface area contributed by atoms with Gasteiger partial charge in [0, 0.05) is 19.2 Å². The smallest absolute Gasteiger partial charge is 0.322 e. The molecule has 134 valence electrons. The van der Waals surface area contributed by atoms with Crippen molar-refractivity contribution in [2.45, 2.75) is 45.9 Å². The van der Waals surface area contributed by atoms with E-state index in [-0.39, 0.29) is 24.7 Å². The van der Waals surface area contributed by atoms with Gasteiger partial charge in [0.1, 0.15) is 12.3 Å². The molecule has 0 aliphatic carbocycles. The summed E-state index contributed by atoms with van der Waals surface area (Å²) in [5, 5.41) is 0. The topological polar surface area (TPSA) is 57.2 Å². The fourth-order valence-electron chi connectivity index (χ4n) is 2.29. The Hall–Kier alpha value is -1.20. The molecule has 1 aromatic rings. The zero-order valence-corrected chi connectivity index (χ0v) is 15.6. The molecule has 0 saturated heterocycles. The summed E-state index contributed by atoms with van der Waals surface area (Å²) in [5.74, 6) is 0.533. The number of hydrogen-bond donors (Lipinski definition) is 0. The third kappa shape index (κ3) is 5.42. The van der Waals surface area contributed by atoms with Crippen molar-refractivity contribution < 1.29 is 23.3 Å². The number of carbonyl (C=O) groups excluding carboxylic acids is 1. The first kappa shape index (κ1) is 19.1. The number of ether oxygens (including phenoxy) is 2. The lowest BCUT2D eigenvalue weighted by atomic mass is 10.2. The molecule has 1 aliphatic heterocycles. The van der Waals surface area contributed by atoms with Gasteiger partial charge in [0.2, 0.25) is 0 Å². The Balaban J connectivity index is 2.06. The highest BCUT2D eigenvalue weighted by molar-refractivity contribution is 7.45. The van der Waals surface area contributed by atoms with Gasteiger partial charge >= 0.3 is 14.5 Å². The monoisotopic (exact) mass is 355 g/mol. The van der Waals surface area contributed by atoms with Crippen molar-refractivity contribution >= 4 is 14.5 Å². The van der Waals surface area contributed by atoms with Gasteiger partial charge in [-0.3, -0.25) is 4.79 Å². The lowest BCUT2D eigenvalue weighted by Crippen LogP contribution is -2.33. The minimum atomic E-state index is -1.37. The maximum atomic E-state index is 12.0. The van der Waals surface area contributed by atoms with E-state index in [2.05, 4.69) is 0 Å². The molecule has 24 heavy (non-hydrogen) atoms. The summed E-state index contributed by atoms with van der Waals surface area (Å²) in [6.07, 6.45) is 0.726. The molecule has 2 unspecified atom stereocenters. The number of esters is 1. The molecule has 0 bridgehead atoms. The van der Waals surface area contributed by atoms with E-state index in [9.17, 15) is 4.79 Å². The van der Waals surface area contributed by atoms with Crippen molar-refractivity contribution in [3.8, 4) is 5.75 Å². The molecule has 0 radical (unpaired) electrons. The van der Waals surface area contributed by atoms with Crippen LogP contribution in [0.2, 0.25) is 0 Å². The van der Waals surface area contributed by atoms with Gasteiger partial charge in [-0.2, -0.15) is 0 Å². The first-order valence-electron chi connectivity index (χ1n) is 8.19. The molecular weight excluding hydrogens is 329 g/mol. The first-order valence-corrected chi connectivity index (χ1v) is 9.32. The number of benzene rings is 1. The zero-order valence-electron chi connectivity index (χ0n) is 14.7. The highest BCUT2D eigenvalue weighted by atomic mass is 31.2. The molecule has 0 saturated carbocycles. The Morgan fingerprint density at radius 3 is 2.79 bits per heavy atom. The summed E-state index contributed by atoms with van der Waals surface area (Å²) >= 11 is 0. The molecule has 6 nitrogen and oxygen atoms in total. The van der Waals surface area contributed by atoms with E-state index in [0.717, 1.165) is 17.7 Å². The van der Waals surface area contributed by atoms with Crippen LogP contribution in [-0.4, -0.2) is 43.1 Å². The SMILES string of the molecule is CCC(COP1Oc2ccccc2CN1CC(=O)OC(C)C)OC. The van der Waals surface area contributed by atoms with Gasteiger partial charge in [0.05, 0.1) is 18.8 Å². The van der Waals surface area contributed by atoms with Gasteiger partial charge in [0.25, 0.3) is 0 Å². The standard InChI is InChI=1S/C17H26NO5P/c1-5-15(20-4)12-21-24-18(11-17(19)22-13(2)3)10-14-8-6-7-9-16(14)23-24/h6-9,13,15H,5,10-12H2,1-4H3. The predicted octanol–water partition coefficient (Wildman–Crippen LogP) is 3.50. The fraction of sp³-hybridized carbons (Fsp3) is 0.588. The van der Waals surface area contributed by atoms with Gasteiger partial charge in [-0.25, -0.2) is 4.67 Å². The maximum Gasteiger partial charge on any atom is 0.322 e. The average Bonchev–Trinajstić information content (AvgIpc) is 2.55. The second-order valence-electron chi connectivity index (χ2n) is 5.86. The van der Waals surface area contributed by atoms with Crippen LogP contribution in [0, 0.1) is 0 Å². The van der Waals surface area contributed by atoms with E-state index in [0.29, 0.717) is 13.2 Å². The highest BCUT2D eigenvalue weighted by Crippen LogP contribution is 2.49. The summed E-state index contributed by atoms with van der Waals surface area (Å²) in [4.78, 5) is 12.0. The molecule has 0 fully saturated rings. The van der Waals surface area contributed by atoms with E-state index in [1.54, 1.807) is 7.11 Å². The van der Waals surface area contributed by atoms with Gasteiger partial charge in [-0.15, -0.1) is 0 Å². The number of hydrogen-bond acceptors (Lipinski definition) is 6. The lowest BCUT2D eigenvalue weighted by Gasteiger charge is -2.34. The largest absolute Gasteiger partial charge is 0.462 e. The third-order valence-electron chi connectivity index (χ3n) is 3.57. The predicted molar refractivity (Wildman–Crippen MR) is 92.7 cm³/mol. The van der Waals surface area contributed by atoms with E-state index < -0.39 is 8.53 Å². The molecule has 0 aromatic heterocycles. The Kier molecular flexibility index (Phi) is 7.43. The van der Waals surface area contributed by atoms with Crippen LogP contribution in [0.1, 0.15) is 32.8 Å². The minimum absolute atomic E-state index is 0.0118. The molecular formula is C17H26NO5P. The quantitative estimate of drug-likeness (QED) is 0.525. The van der Waals surface area contributed by atoms with E-state index in [1.165, 1.54) is 0 Å². The normalized spacial score (nSPS) is 18.8. The van der Waals surface area contributed by atoms with Crippen molar-refractivity contribution in [1.29, 1.82) is 0 Å². The molecule has 2 atom stereocenters. The second-order valence-corrected chi connectivity index (χ2v) is 7.34. The Labute approximate surface area is 145 Å². The molecule has 1 aromatic carbocycles. The van der Waals surface area contributed by atoms with E-state index >= 15 is 0 Å². The highest BCUT2D eigenvalue weighted by Gasteiger charge is 2.32. The molecule has 2 rings (SSSR count). The average molecular weight is 355 g/mol. The van der Waals surface area contributed by atoms with Crippen molar-refractivity contribution in [1.82, 2.24) is 4.67 Å². The number of methoxy groups -OCH3 is 1. The molecule has 0 N–H and O–H groups in total. The Morgan fingerprint density at radius 2 is 2.12 bits per heavy atom. The van der Waals surface area contributed by atoms with Gasteiger partial charge in [-0.1, -0.05) is 25.1 Å². The van der Waals surface area contributed by atoms with Crippen LogP contribution in [0.15, 0.2) is 24.3 Å². The van der Waals surface area contributed by atoms with Crippen LogP contribution in [0.5, 0.6) is 5.75 Å². The lowest BCUT2D eigenvalue weighted by molar-refractivity contribution is -0.147. The van der Waals surface area contributed by atoms with Crippen LogP contribution >= 0.6 is 8.53 Å². The second kappa shape index (κ2) is 9.33. The molecule has 0 spiro atoms. The van der Waals surface area contributed by atoms with Crippen molar-refractivity contribution in [3.63, 3.8) is 0 Å². The van der Waals surface area contributed by atoms with E-state index in [1.807, 2.05) is 49.7 Å². The van der Waals surface area contributed by atoms with Crippen LogP contribution in [0.3, 0.4) is 0 Å². The van der Waals surface area contributed by atoms with Crippen LogP contribution < -0.4 is 4.52 Å². The minimum Gasteiger partial charge on any atom is -0.462 e. The van der Waals surface area contributed by atoms with Gasteiger partial charge in [-0.05, 0) is 26.3 Å². The van der Waals surface area contributed by atoms with Crippen LogP contribution in [0.4, 0.5) is 0 Å². The summed E-state index contributed by atoms with van der Waals surface area (Å²) in [6.45, 7) is 6.88. The first-order chi connectivity index (χ1) is 11.5. The van der Waals surface area contributed by atoms with Crippen molar-refractivity contribution in [2.75, 3.05) is 20.3 Å². The molecule has 7 heteroatoms.